The number of rotatable bonds is 5. The van der Waals surface area contributed by atoms with Gasteiger partial charge >= 0.3 is 12.0 Å². The van der Waals surface area contributed by atoms with Crippen LogP contribution in [0.15, 0.2) is 24.3 Å². The number of carboxylic acids is 1. The number of hydrogen-bond donors (Lipinski definition) is 2. The minimum Gasteiger partial charge on any atom is -0.481 e. The topological polar surface area (TPSA) is 69.6 Å². The molecular weight excluding hydrogens is 256 g/mol. The quantitative estimate of drug-likeness (QED) is 0.809. The molecule has 1 aromatic rings. The minimum absolute atomic E-state index is 0.159. The lowest BCUT2D eigenvalue weighted by Crippen LogP contribution is -2.39. The highest BCUT2D eigenvalue weighted by Crippen LogP contribution is 2.11. The Kier molecular flexibility index (Phi) is 5.60. The van der Waals surface area contributed by atoms with Crippen molar-refractivity contribution < 1.29 is 14.7 Å². The van der Waals surface area contributed by atoms with Gasteiger partial charge in [0.1, 0.15) is 0 Å². The van der Waals surface area contributed by atoms with Gasteiger partial charge in [0.05, 0.1) is 5.92 Å². The highest BCUT2D eigenvalue weighted by molar-refractivity contribution is 5.89. The number of amides is 2. The van der Waals surface area contributed by atoms with Crippen LogP contribution in [0.4, 0.5) is 10.5 Å². The third-order valence-electron chi connectivity index (χ3n) is 2.87. The second-order valence-corrected chi connectivity index (χ2v) is 4.43. The molecule has 0 aromatic heterocycles. The predicted octanol–water partition coefficient (Wildman–Crippen LogP) is 2.24. The molecule has 5 nitrogen and oxygen atoms in total. The van der Waals surface area contributed by atoms with Crippen molar-refractivity contribution in [3.8, 4) is 12.3 Å². The Hall–Kier alpha value is -2.48. The van der Waals surface area contributed by atoms with Crippen LogP contribution in [0.25, 0.3) is 0 Å². The Morgan fingerprint density at radius 2 is 2.20 bits per heavy atom. The lowest BCUT2D eigenvalue weighted by molar-refractivity contribution is -0.141. The zero-order valence-corrected chi connectivity index (χ0v) is 11.6. The second kappa shape index (κ2) is 7.19. The van der Waals surface area contributed by atoms with Crippen LogP contribution in [-0.2, 0) is 4.79 Å². The van der Waals surface area contributed by atoms with E-state index in [-0.39, 0.29) is 12.6 Å². The Labute approximate surface area is 118 Å². The number of urea groups is 1. The van der Waals surface area contributed by atoms with Crippen LogP contribution >= 0.6 is 0 Å². The van der Waals surface area contributed by atoms with Crippen LogP contribution in [-0.4, -0.2) is 35.1 Å². The predicted molar refractivity (Wildman–Crippen MR) is 77.4 cm³/mol. The van der Waals surface area contributed by atoms with Gasteiger partial charge in [-0.3, -0.25) is 4.79 Å². The number of aliphatic carboxylic acids is 1. The van der Waals surface area contributed by atoms with Crippen LogP contribution in [0.2, 0.25) is 0 Å². The van der Waals surface area contributed by atoms with Gasteiger partial charge in [-0.25, -0.2) is 4.79 Å². The molecule has 0 spiro atoms. The summed E-state index contributed by atoms with van der Waals surface area (Å²) in [4.78, 5) is 24.4. The van der Waals surface area contributed by atoms with E-state index < -0.39 is 11.9 Å². The molecule has 0 fully saturated rings. The molecule has 1 unspecified atom stereocenters. The van der Waals surface area contributed by atoms with Crippen LogP contribution in [0, 0.1) is 18.3 Å². The van der Waals surface area contributed by atoms with Crippen molar-refractivity contribution in [2.24, 2.45) is 5.92 Å². The molecular formula is C15H18N2O3. The fraction of sp³-hybridized carbons (Fsp3) is 0.333. The average Bonchev–Trinajstić information content (AvgIpc) is 2.44. The fourth-order valence-corrected chi connectivity index (χ4v) is 1.65. The monoisotopic (exact) mass is 274 g/mol. The van der Waals surface area contributed by atoms with Crippen molar-refractivity contribution in [3.05, 3.63) is 29.8 Å². The maximum atomic E-state index is 12.1. The summed E-state index contributed by atoms with van der Waals surface area (Å²) in [5, 5.41) is 11.6. The van der Waals surface area contributed by atoms with Gasteiger partial charge < -0.3 is 15.3 Å². The smallest absolute Gasteiger partial charge is 0.321 e. The first-order valence-electron chi connectivity index (χ1n) is 6.33. The molecule has 0 bridgehead atoms. The average molecular weight is 274 g/mol. The van der Waals surface area contributed by atoms with E-state index >= 15 is 0 Å². The maximum absolute atomic E-state index is 12.1. The molecule has 0 saturated heterocycles. The summed E-state index contributed by atoms with van der Waals surface area (Å²) in [7, 11) is 0. The van der Waals surface area contributed by atoms with Crippen molar-refractivity contribution in [3.63, 3.8) is 0 Å². The highest BCUT2D eigenvalue weighted by atomic mass is 16.4. The number of nitrogens with one attached hydrogen (secondary N) is 1. The summed E-state index contributed by atoms with van der Waals surface area (Å²) in [6.45, 7) is 3.95. The third-order valence-corrected chi connectivity index (χ3v) is 2.87. The van der Waals surface area contributed by atoms with Gasteiger partial charge in [0.15, 0.2) is 0 Å². The van der Waals surface area contributed by atoms with Crippen LogP contribution < -0.4 is 5.32 Å². The SMILES string of the molecule is C#Cc1cccc(NC(=O)N(CC)CC(C)C(=O)O)c1. The summed E-state index contributed by atoms with van der Waals surface area (Å²) in [6.07, 6.45) is 5.30. The lowest BCUT2D eigenvalue weighted by Gasteiger charge is -2.23. The molecule has 0 heterocycles. The van der Waals surface area contributed by atoms with Crippen molar-refractivity contribution in [1.82, 2.24) is 4.90 Å². The second-order valence-electron chi connectivity index (χ2n) is 4.43. The van der Waals surface area contributed by atoms with E-state index in [4.69, 9.17) is 11.5 Å². The molecule has 0 saturated carbocycles. The number of carboxylic acid groups (broad SMARTS) is 1. The largest absolute Gasteiger partial charge is 0.481 e. The van der Waals surface area contributed by atoms with Gasteiger partial charge in [-0.1, -0.05) is 18.9 Å². The van der Waals surface area contributed by atoms with Crippen LogP contribution in [0.3, 0.4) is 0 Å². The summed E-state index contributed by atoms with van der Waals surface area (Å²) < 4.78 is 0. The fourth-order valence-electron chi connectivity index (χ4n) is 1.65. The molecule has 1 aromatic carbocycles. The minimum atomic E-state index is -0.925. The molecule has 2 N–H and O–H groups in total. The lowest BCUT2D eigenvalue weighted by atomic mass is 10.2. The molecule has 0 aliphatic rings. The molecule has 20 heavy (non-hydrogen) atoms. The first kappa shape index (κ1) is 15.6. The number of carbonyl (C=O) groups is 2. The van der Waals surface area contributed by atoms with Gasteiger partial charge in [0.2, 0.25) is 0 Å². The Balaban J connectivity index is 2.72. The van der Waals surface area contributed by atoms with Gasteiger partial charge in [-0.15, -0.1) is 6.42 Å². The Bertz CT molecular complexity index is 534. The number of terminal acetylenes is 1. The normalized spacial score (nSPS) is 11.2. The highest BCUT2D eigenvalue weighted by Gasteiger charge is 2.19. The summed E-state index contributed by atoms with van der Waals surface area (Å²) in [5.74, 6) is 0.950. The number of anilines is 1. The number of nitrogens with zero attached hydrogens (tertiary/aromatic N) is 1. The molecule has 2 amide bonds. The van der Waals surface area contributed by atoms with E-state index in [1.54, 1.807) is 38.1 Å². The first-order valence-corrected chi connectivity index (χ1v) is 6.33. The molecule has 5 heteroatoms. The first-order chi connectivity index (χ1) is 9.47. The summed E-state index contributed by atoms with van der Waals surface area (Å²) in [6, 6.07) is 6.59. The van der Waals surface area contributed by atoms with E-state index in [1.807, 2.05) is 0 Å². The van der Waals surface area contributed by atoms with Gasteiger partial charge in [0, 0.05) is 24.3 Å². The maximum Gasteiger partial charge on any atom is 0.321 e. The number of carbonyl (C=O) groups excluding carboxylic acids is 1. The van der Waals surface area contributed by atoms with E-state index in [1.165, 1.54) is 4.90 Å². The zero-order valence-electron chi connectivity index (χ0n) is 11.6. The van der Waals surface area contributed by atoms with Crippen molar-refractivity contribution >= 4 is 17.7 Å². The van der Waals surface area contributed by atoms with Crippen molar-refractivity contribution in [2.45, 2.75) is 13.8 Å². The van der Waals surface area contributed by atoms with Crippen LogP contribution in [0.5, 0.6) is 0 Å². The van der Waals surface area contributed by atoms with Crippen molar-refractivity contribution in [1.29, 1.82) is 0 Å². The standard InChI is InChI=1S/C15H18N2O3/c1-4-12-7-6-8-13(9-12)16-15(20)17(5-2)10-11(3)14(18)19/h1,6-9,11H,5,10H2,2-3H3,(H,16,20)(H,18,19). The molecule has 106 valence electrons. The Morgan fingerprint density at radius 3 is 2.75 bits per heavy atom. The van der Waals surface area contributed by atoms with E-state index in [0.717, 1.165) is 0 Å². The molecule has 0 radical (unpaired) electrons. The van der Waals surface area contributed by atoms with Crippen LogP contribution in [0.1, 0.15) is 19.4 Å². The number of hydrogen-bond acceptors (Lipinski definition) is 2. The van der Waals surface area contributed by atoms with E-state index in [9.17, 15) is 9.59 Å². The molecule has 1 atom stereocenters. The molecule has 0 aliphatic carbocycles. The Morgan fingerprint density at radius 1 is 1.50 bits per heavy atom. The summed E-state index contributed by atoms with van der Waals surface area (Å²) in [5.41, 5.74) is 1.26. The van der Waals surface area contributed by atoms with Gasteiger partial charge in [0.25, 0.3) is 0 Å². The van der Waals surface area contributed by atoms with E-state index in [0.29, 0.717) is 17.8 Å². The summed E-state index contributed by atoms with van der Waals surface area (Å²) >= 11 is 0. The third kappa shape index (κ3) is 4.32. The van der Waals surface area contributed by atoms with Gasteiger partial charge in [-0.05, 0) is 25.1 Å². The van der Waals surface area contributed by atoms with Gasteiger partial charge in [-0.2, -0.15) is 0 Å². The molecule has 1 rings (SSSR count). The van der Waals surface area contributed by atoms with E-state index in [2.05, 4.69) is 11.2 Å². The zero-order chi connectivity index (χ0) is 15.1. The van der Waals surface area contributed by atoms with Crippen molar-refractivity contribution in [2.75, 3.05) is 18.4 Å². The number of benzene rings is 1. The molecule has 0 aliphatic heterocycles.